The molecule has 0 saturated heterocycles. The van der Waals surface area contributed by atoms with Gasteiger partial charge in [-0.3, -0.25) is 9.59 Å². The van der Waals surface area contributed by atoms with Crippen LogP contribution in [0.15, 0.2) is 36.4 Å². The van der Waals surface area contributed by atoms with Crippen LogP contribution in [-0.2, 0) is 9.59 Å². The van der Waals surface area contributed by atoms with Crippen molar-refractivity contribution in [3.05, 3.63) is 42.0 Å². The third-order valence-corrected chi connectivity index (χ3v) is 3.60. The van der Waals surface area contributed by atoms with Gasteiger partial charge < -0.3 is 15.2 Å². The lowest BCUT2D eigenvalue weighted by atomic mass is 9.97. The summed E-state index contributed by atoms with van der Waals surface area (Å²) >= 11 is 0. The van der Waals surface area contributed by atoms with Gasteiger partial charge >= 0.3 is 5.97 Å². The van der Waals surface area contributed by atoms with E-state index in [1.165, 1.54) is 0 Å². The highest BCUT2D eigenvalue weighted by molar-refractivity contribution is 5.88. The molecule has 2 N–H and O–H groups in total. The van der Waals surface area contributed by atoms with Crippen molar-refractivity contribution in [2.24, 2.45) is 0 Å². The van der Waals surface area contributed by atoms with Crippen molar-refractivity contribution in [2.45, 2.75) is 19.3 Å². The molecule has 0 unspecified atom stereocenters. The summed E-state index contributed by atoms with van der Waals surface area (Å²) in [7, 11) is 1.62. The van der Waals surface area contributed by atoms with Gasteiger partial charge in [-0.05, 0) is 35.4 Å². The van der Waals surface area contributed by atoms with Gasteiger partial charge in [0.1, 0.15) is 5.75 Å². The first kappa shape index (κ1) is 15.8. The van der Waals surface area contributed by atoms with Crippen molar-refractivity contribution < 1.29 is 19.4 Å². The highest BCUT2D eigenvalue weighted by Gasteiger charge is 2.15. The summed E-state index contributed by atoms with van der Waals surface area (Å²) in [5.74, 6) is -0.637. The first-order chi connectivity index (χ1) is 10.5. The van der Waals surface area contributed by atoms with Gasteiger partial charge in [-0.1, -0.05) is 24.3 Å². The monoisotopic (exact) mass is 301 g/mol. The van der Waals surface area contributed by atoms with Crippen LogP contribution in [0.2, 0.25) is 0 Å². The topological polar surface area (TPSA) is 75.6 Å². The molecule has 0 aliphatic carbocycles. The van der Waals surface area contributed by atoms with E-state index in [4.69, 9.17) is 9.84 Å². The van der Waals surface area contributed by atoms with Gasteiger partial charge in [0.25, 0.3) is 0 Å². The van der Waals surface area contributed by atoms with Crippen LogP contribution in [0.4, 0.5) is 0 Å². The van der Waals surface area contributed by atoms with E-state index < -0.39 is 5.97 Å². The zero-order valence-electron chi connectivity index (χ0n) is 12.6. The highest BCUT2D eigenvalue weighted by atomic mass is 16.5. The molecule has 1 atom stereocenters. The number of hydrogen-bond donors (Lipinski definition) is 2. The van der Waals surface area contributed by atoms with Gasteiger partial charge in [-0.25, -0.2) is 0 Å². The van der Waals surface area contributed by atoms with Crippen molar-refractivity contribution in [2.75, 3.05) is 13.7 Å². The lowest BCUT2D eigenvalue weighted by Crippen LogP contribution is -2.29. The van der Waals surface area contributed by atoms with Crippen LogP contribution in [-0.4, -0.2) is 30.6 Å². The molecule has 0 aromatic heterocycles. The zero-order chi connectivity index (χ0) is 16.1. The molecule has 0 spiro atoms. The molecule has 0 heterocycles. The van der Waals surface area contributed by atoms with Crippen LogP contribution in [0.1, 0.15) is 24.8 Å². The first-order valence-electron chi connectivity index (χ1n) is 7.08. The number of fused-ring (bicyclic) bond motifs is 1. The fraction of sp³-hybridized carbons (Fsp3) is 0.294. The first-order valence-corrected chi connectivity index (χ1v) is 7.08. The Labute approximate surface area is 128 Å². The molecule has 2 aromatic carbocycles. The minimum atomic E-state index is -0.924. The van der Waals surface area contributed by atoms with Crippen molar-refractivity contribution in [1.82, 2.24) is 5.32 Å². The molecule has 0 fully saturated rings. The largest absolute Gasteiger partial charge is 0.497 e. The van der Waals surface area contributed by atoms with E-state index in [1.54, 1.807) is 14.0 Å². The quantitative estimate of drug-likeness (QED) is 0.859. The fourth-order valence-corrected chi connectivity index (χ4v) is 2.24. The number of nitrogens with one attached hydrogen (secondary N) is 1. The molecule has 5 heteroatoms. The summed E-state index contributed by atoms with van der Waals surface area (Å²) in [5, 5.41) is 13.3. The number of hydrogen-bond acceptors (Lipinski definition) is 3. The van der Waals surface area contributed by atoms with Crippen molar-refractivity contribution >= 4 is 22.6 Å². The standard InChI is InChI=1S/C17H19NO4/c1-11(17(21)18-8-7-16(19)20)12-3-4-14-10-15(22-2)6-5-13(14)9-12/h3-6,9-11H,7-8H2,1-2H3,(H,18,21)(H,19,20)/t11-/m0/s1. The van der Waals surface area contributed by atoms with Crippen molar-refractivity contribution in [3.8, 4) is 5.75 Å². The van der Waals surface area contributed by atoms with Gasteiger partial charge in [-0.2, -0.15) is 0 Å². The Hall–Kier alpha value is -2.56. The molecule has 0 saturated carbocycles. The van der Waals surface area contributed by atoms with E-state index in [2.05, 4.69) is 5.32 Å². The van der Waals surface area contributed by atoms with Crippen LogP contribution in [0.5, 0.6) is 5.75 Å². The lowest BCUT2D eigenvalue weighted by Gasteiger charge is -2.13. The van der Waals surface area contributed by atoms with E-state index in [9.17, 15) is 9.59 Å². The maximum absolute atomic E-state index is 12.0. The van der Waals surface area contributed by atoms with E-state index >= 15 is 0 Å². The molecule has 0 aliphatic heterocycles. The number of aliphatic carboxylic acids is 1. The number of benzene rings is 2. The summed E-state index contributed by atoms with van der Waals surface area (Å²) in [6, 6.07) is 11.6. The Bertz CT molecular complexity index is 696. The molecule has 5 nitrogen and oxygen atoms in total. The Balaban J connectivity index is 2.12. The molecule has 2 rings (SSSR count). The summed E-state index contributed by atoms with van der Waals surface area (Å²) < 4.78 is 5.19. The third-order valence-electron chi connectivity index (χ3n) is 3.60. The zero-order valence-corrected chi connectivity index (χ0v) is 12.6. The molecular formula is C17H19NO4. The van der Waals surface area contributed by atoms with E-state index in [1.807, 2.05) is 36.4 Å². The van der Waals surface area contributed by atoms with E-state index in [0.717, 1.165) is 22.1 Å². The minimum Gasteiger partial charge on any atom is -0.497 e. The summed E-state index contributed by atoms with van der Waals surface area (Å²) in [4.78, 5) is 22.5. The van der Waals surface area contributed by atoms with Gasteiger partial charge in [0.2, 0.25) is 5.91 Å². The molecule has 2 aromatic rings. The Morgan fingerprint density at radius 2 is 1.86 bits per heavy atom. The molecule has 0 bridgehead atoms. The van der Waals surface area contributed by atoms with Crippen LogP contribution in [0.25, 0.3) is 10.8 Å². The van der Waals surface area contributed by atoms with Crippen LogP contribution < -0.4 is 10.1 Å². The lowest BCUT2D eigenvalue weighted by molar-refractivity contribution is -0.136. The number of methoxy groups -OCH3 is 1. The SMILES string of the molecule is COc1ccc2cc([C@H](C)C(=O)NCCC(=O)O)ccc2c1. The molecule has 1 amide bonds. The molecule has 116 valence electrons. The summed E-state index contributed by atoms with van der Waals surface area (Å²) in [5.41, 5.74) is 0.894. The normalized spacial score (nSPS) is 11.9. The Morgan fingerprint density at radius 1 is 1.18 bits per heavy atom. The maximum Gasteiger partial charge on any atom is 0.305 e. The number of carbonyl (C=O) groups is 2. The maximum atomic E-state index is 12.0. The van der Waals surface area contributed by atoms with Crippen LogP contribution >= 0.6 is 0 Å². The Kier molecular flexibility index (Phi) is 4.99. The Morgan fingerprint density at radius 3 is 2.55 bits per heavy atom. The molecule has 0 aliphatic rings. The number of rotatable bonds is 6. The van der Waals surface area contributed by atoms with Crippen LogP contribution in [0, 0.1) is 0 Å². The predicted molar refractivity (Wildman–Crippen MR) is 84.2 cm³/mol. The summed E-state index contributed by atoms with van der Waals surface area (Å²) in [6.45, 7) is 1.95. The molecule has 0 radical (unpaired) electrons. The number of carbonyl (C=O) groups excluding carboxylic acids is 1. The second-order valence-electron chi connectivity index (χ2n) is 5.13. The van der Waals surface area contributed by atoms with Crippen molar-refractivity contribution in [1.29, 1.82) is 0 Å². The average molecular weight is 301 g/mol. The highest BCUT2D eigenvalue weighted by Crippen LogP contribution is 2.25. The van der Waals surface area contributed by atoms with Crippen LogP contribution in [0.3, 0.4) is 0 Å². The second-order valence-corrected chi connectivity index (χ2v) is 5.13. The number of ether oxygens (including phenoxy) is 1. The summed E-state index contributed by atoms with van der Waals surface area (Å²) in [6.07, 6.45) is -0.0734. The van der Waals surface area contributed by atoms with E-state index in [0.29, 0.717) is 0 Å². The number of carboxylic acids is 1. The van der Waals surface area contributed by atoms with Gasteiger partial charge in [-0.15, -0.1) is 0 Å². The van der Waals surface area contributed by atoms with Gasteiger partial charge in [0.15, 0.2) is 0 Å². The van der Waals surface area contributed by atoms with Gasteiger partial charge in [0.05, 0.1) is 19.4 Å². The van der Waals surface area contributed by atoms with Gasteiger partial charge in [0, 0.05) is 6.54 Å². The molecular weight excluding hydrogens is 282 g/mol. The number of amides is 1. The fourth-order valence-electron chi connectivity index (χ4n) is 2.24. The average Bonchev–Trinajstić information content (AvgIpc) is 2.52. The number of carboxylic acid groups (broad SMARTS) is 1. The third kappa shape index (κ3) is 3.75. The molecule has 22 heavy (non-hydrogen) atoms. The second kappa shape index (κ2) is 6.93. The predicted octanol–water partition coefficient (Wildman–Crippen LogP) is 2.54. The van der Waals surface area contributed by atoms with Crippen molar-refractivity contribution in [3.63, 3.8) is 0 Å². The minimum absolute atomic E-state index is 0.0734. The van der Waals surface area contributed by atoms with E-state index in [-0.39, 0.29) is 24.8 Å². The smallest absolute Gasteiger partial charge is 0.305 e.